The second kappa shape index (κ2) is 11.5. The molecule has 0 aliphatic rings. The topological polar surface area (TPSA) is 59.3 Å². The number of nitriles is 1. The van der Waals surface area contributed by atoms with Gasteiger partial charge in [0.25, 0.3) is 0 Å². The smallest absolute Gasteiger partial charge is 0.192 e. The number of aryl methyl sites for hydroxylation is 1. The van der Waals surface area contributed by atoms with Crippen LogP contribution < -0.4 is 4.74 Å². The average molecular weight is 498 g/mol. The molecule has 0 radical (unpaired) electrons. The molecule has 0 unspecified atom stereocenters. The molecular formula is C31H35NO3Si. The second-order valence-corrected chi connectivity index (χ2v) is 15.2. The first kappa shape index (κ1) is 27.1. The summed E-state index contributed by atoms with van der Waals surface area (Å²) < 4.78 is 12.2. The lowest BCUT2D eigenvalue weighted by Gasteiger charge is -2.36. The van der Waals surface area contributed by atoms with Gasteiger partial charge in [0.15, 0.2) is 14.6 Å². The van der Waals surface area contributed by atoms with Crippen LogP contribution in [0.4, 0.5) is 0 Å². The second-order valence-electron chi connectivity index (χ2n) is 10.4. The van der Waals surface area contributed by atoms with Gasteiger partial charge in [-0.25, -0.2) is 0 Å². The van der Waals surface area contributed by atoms with E-state index in [1.807, 2.05) is 79.7 Å². The molecule has 0 N–H and O–H groups in total. The number of hydrogen-bond acceptors (Lipinski definition) is 4. The SMILES string of the molecule is Cc1cc(C=O)c(OCCO[Si](C)(C)C(C)(C)C)cc1/C=C/c1cccc(-c2ccccc2)c1C#N. The molecule has 0 fully saturated rings. The first-order valence-electron chi connectivity index (χ1n) is 12.2. The summed E-state index contributed by atoms with van der Waals surface area (Å²) in [6, 6.07) is 21.9. The zero-order valence-corrected chi connectivity index (χ0v) is 23.1. The fourth-order valence-corrected chi connectivity index (χ4v) is 4.69. The molecule has 0 saturated heterocycles. The molecule has 5 heteroatoms. The Hall–Kier alpha value is -3.46. The van der Waals surface area contributed by atoms with E-state index in [2.05, 4.69) is 39.9 Å². The average Bonchev–Trinajstić information content (AvgIpc) is 2.85. The van der Waals surface area contributed by atoms with Crippen LogP contribution in [0.3, 0.4) is 0 Å². The summed E-state index contributed by atoms with van der Waals surface area (Å²) in [5.74, 6) is 0.535. The van der Waals surface area contributed by atoms with Crippen molar-refractivity contribution in [3.05, 3.63) is 88.5 Å². The third kappa shape index (κ3) is 6.40. The van der Waals surface area contributed by atoms with Gasteiger partial charge < -0.3 is 9.16 Å². The molecule has 3 rings (SSSR count). The van der Waals surface area contributed by atoms with E-state index >= 15 is 0 Å². The molecule has 0 aliphatic heterocycles. The summed E-state index contributed by atoms with van der Waals surface area (Å²) in [6.45, 7) is 13.8. The summed E-state index contributed by atoms with van der Waals surface area (Å²) in [5, 5.41) is 10.0. The van der Waals surface area contributed by atoms with E-state index in [-0.39, 0.29) is 5.04 Å². The van der Waals surface area contributed by atoms with Crippen molar-refractivity contribution in [3.63, 3.8) is 0 Å². The van der Waals surface area contributed by atoms with Gasteiger partial charge in [-0.2, -0.15) is 5.26 Å². The van der Waals surface area contributed by atoms with Crippen LogP contribution in [-0.4, -0.2) is 27.8 Å². The molecule has 0 aromatic heterocycles. The van der Waals surface area contributed by atoms with Gasteiger partial charge in [0, 0.05) is 5.56 Å². The van der Waals surface area contributed by atoms with Gasteiger partial charge in [-0.05, 0) is 59.4 Å². The lowest BCUT2D eigenvalue weighted by Crippen LogP contribution is -2.41. The lowest BCUT2D eigenvalue weighted by atomic mass is 9.95. The third-order valence-electron chi connectivity index (χ3n) is 6.87. The van der Waals surface area contributed by atoms with Crippen LogP contribution >= 0.6 is 0 Å². The molecule has 0 spiro atoms. The van der Waals surface area contributed by atoms with Gasteiger partial charge in [0.2, 0.25) is 0 Å². The summed E-state index contributed by atoms with van der Waals surface area (Å²) in [7, 11) is -1.86. The van der Waals surface area contributed by atoms with Crippen LogP contribution in [0.1, 0.15) is 53.4 Å². The highest BCUT2D eigenvalue weighted by Crippen LogP contribution is 2.36. The molecule has 0 aliphatic carbocycles. The van der Waals surface area contributed by atoms with Gasteiger partial charge in [-0.1, -0.05) is 81.5 Å². The van der Waals surface area contributed by atoms with E-state index in [0.29, 0.717) is 30.1 Å². The summed E-state index contributed by atoms with van der Waals surface area (Å²) in [6.07, 6.45) is 4.73. The van der Waals surface area contributed by atoms with Gasteiger partial charge in [0.1, 0.15) is 18.4 Å². The zero-order valence-electron chi connectivity index (χ0n) is 22.1. The molecular weight excluding hydrogens is 462 g/mol. The standard InChI is InChI=1S/C31H35NO3Si/c1-23-19-27(22-33)30(34-17-18-35-36(5,6)31(2,3)4)20-26(23)16-15-25-13-10-14-28(29(25)21-32)24-11-8-7-9-12-24/h7-16,19-20,22H,17-18H2,1-6H3/b16-15+. The molecule has 3 aromatic rings. The van der Waals surface area contributed by atoms with E-state index in [1.54, 1.807) is 0 Å². The summed E-state index contributed by atoms with van der Waals surface area (Å²) in [4.78, 5) is 11.7. The molecule has 186 valence electrons. The number of rotatable bonds is 9. The van der Waals surface area contributed by atoms with Crippen molar-refractivity contribution < 1.29 is 14.0 Å². The normalized spacial score (nSPS) is 11.9. The number of aldehydes is 1. The summed E-state index contributed by atoms with van der Waals surface area (Å²) >= 11 is 0. The number of benzene rings is 3. The molecule has 0 atom stereocenters. The fraction of sp³-hybridized carbons (Fsp3) is 0.290. The van der Waals surface area contributed by atoms with Crippen LogP contribution in [0.15, 0.2) is 60.7 Å². The van der Waals surface area contributed by atoms with Crippen molar-refractivity contribution in [1.29, 1.82) is 5.26 Å². The molecule has 0 bridgehead atoms. The van der Waals surface area contributed by atoms with Gasteiger partial charge >= 0.3 is 0 Å². The Bertz CT molecular complexity index is 1280. The van der Waals surface area contributed by atoms with E-state index in [0.717, 1.165) is 34.1 Å². The molecule has 0 amide bonds. The van der Waals surface area contributed by atoms with Crippen molar-refractivity contribution in [2.24, 2.45) is 0 Å². The number of carbonyl (C=O) groups excluding carboxylic acids is 1. The van der Waals surface area contributed by atoms with Crippen molar-refractivity contribution in [2.75, 3.05) is 13.2 Å². The number of ether oxygens (including phenoxy) is 1. The Labute approximate surface area is 216 Å². The van der Waals surface area contributed by atoms with Gasteiger partial charge in [-0.3, -0.25) is 4.79 Å². The van der Waals surface area contributed by atoms with E-state index in [4.69, 9.17) is 9.16 Å². The number of nitrogens with zero attached hydrogens (tertiary/aromatic N) is 1. The predicted molar refractivity (Wildman–Crippen MR) is 151 cm³/mol. The quantitative estimate of drug-likeness (QED) is 0.130. The summed E-state index contributed by atoms with van der Waals surface area (Å²) in [5.41, 5.74) is 5.77. The highest BCUT2D eigenvalue weighted by atomic mass is 28.4. The third-order valence-corrected chi connectivity index (χ3v) is 11.4. The predicted octanol–water partition coefficient (Wildman–Crippen LogP) is 7.92. The van der Waals surface area contributed by atoms with Crippen LogP contribution in [0, 0.1) is 18.3 Å². The maximum atomic E-state index is 11.7. The Morgan fingerprint density at radius 3 is 2.25 bits per heavy atom. The first-order chi connectivity index (χ1) is 17.1. The maximum Gasteiger partial charge on any atom is 0.192 e. The highest BCUT2D eigenvalue weighted by Gasteiger charge is 2.36. The number of hydrogen-bond donors (Lipinski definition) is 0. The zero-order chi connectivity index (χ0) is 26.3. The van der Waals surface area contributed by atoms with Crippen molar-refractivity contribution >= 4 is 26.8 Å². The molecule has 3 aromatic carbocycles. The molecule has 0 heterocycles. The van der Waals surface area contributed by atoms with Crippen LogP contribution in [-0.2, 0) is 4.43 Å². The Morgan fingerprint density at radius 1 is 0.917 bits per heavy atom. The monoisotopic (exact) mass is 497 g/mol. The van der Waals surface area contributed by atoms with E-state index < -0.39 is 8.32 Å². The van der Waals surface area contributed by atoms with Crippen LogP contribution in [0.5, 0.6) is 5.75 Å². The molecule has 36 heavy (non-hydrogen) atoms. The van der Waals surface area contributed by atoms with Crippen LogP contribution in [0.2, 0.25) is 18.1 Å². The van der Waals surface area contributed by atoms with Crippen molar-refractivity contribution in [1.82, 2.24) is 0 Å². The minimum Gasteiger partial charge on any atom is -0.490 e. The Balaban J connectivity index is 1.83. The van der Waals surface area contributed by atoms with Gasteiger partial charge in [-0.15, -0.1) is 0 Å². The van der Waals surface area contributed by atoms with E-state index in [9.17, 15) is 10.1 Å². The minimum absolute atomic E-state index is 0.128. The van der Waals surface area contributed by atoms with Crippen LogP contribution in [0.25, 0.3) is 23.3 Å². The Kier molecular flexibility index (Phi) is 8.68. The largest absolute Gasteiger partial charge is 0.490 e. The van der Waals surface area contributed by atoms with E-state index in [1.165, 1.54) is 0 Å². The fourth-order valence-electron chi connectivity index (χ4n) is 3.66. The highest BCUT2D eigenvalue weighted by molar-refractivity contribution is 6.74. The number of carbonyl (C=O) groups is 1. The maximum absolute atomic E-state index is 11.7. The van der Waals surface area contributed by atoms with Crippen molar-refractivity contribution in [3.8, 4) is 22.9 Å². The van der Waals surface area contributed by atoms with Gasteiger partial charge in [0.05, 0.1) is 17.7 Å². The molecule has 0 saturated carbocycles. The van der Waals surface area contributed by atoms with Crippen molar-refractivity contribution in [2.45, 2.75) is 45.8 Å². The molecule has 4 nitrogen and oxygen atoms in total. The Morgan fingerprint density at radius 2 is 1.61 bits per heavy atom. The minimum atomic E-state index is -1.86. The lowest BCUT2D eigenvalue weighted by molar-refractivity contribution is 0.111. The first-order valence-corrected chi connectivity index (χ1v) is 15.1.